The van der Waals surface area contributed by atoms with Crippen LogP contribution in [0.15, 0.2) is 41.5 Å². The van der Waals surface area contributed by atoms with E-state index in [0.717, 1.165) is 22.2 Å². The van der Waals surface area contributed by atoms with Crippen molar-refractivity contribution in [3.05, 3.63) is 64.5 Å². The van der Waals surface area contributed by atoms with Gasteiger partial charge in [-0.05, 0) is 24.6 Å². The van der Waals surface area contributed by atoms with Crippen molar-refractivity contribution in [2.45, 2.75) is 25.6 Å². The fourth-order valence-corrected chi connectivity index (χ4v) is 4.08. The van der Waals surface area contributed by atoms with Crippen LogP contribution in [-0.4, -0.2) is 58.1 Å². The number of hydrogen-bond acceptors (Lipinski definition) is 6. The topological polar surface area (TPSA) is 103 Å². The lowest BCUT2D eigenvalue weighted by molar-refractivity contribution is 0.0843. The molecule has 1 aromatic heterocycles. The highest BCUT2D eigenvalue weighted by Crippen LogP contribution is 2.33. The molecule has 8 heteroatoms. The molecule has 5 rings (SSSR count). The van der Waals surface area contributed by atoms with Gasteiger partial charge in [-0.3, -0.25) is 9.80 Å². The number of H-pyrrole nitrogens is 1. The number of fused-ring (bicyclic) bond motifs is 2. The molecule has 8 nitrogen and oxygen atoms in total. The van der Waals surface area contributed by atoms with Gasteiger partial charge in [-0.2, -0.15) is 5.10 Å². The second-order valence-electron chi connectivity index (χ2n) is 7.73. The highest BCUT2D eigenvalue weighted by molar-refractivity contribution is 6.05. The quantitative estimate of drug-likeness (QED) is 0.602. The van der Waals surface area contributed by atoms with E-state index in [-0.39, 0.29) is 5.91 Å². The van der Waals surface area contributed by atoms with Crippen molar-refractivity contribution >= 4 is 22.7 Å². The summed E-state index contributed by atoms with van der Waals surface area (Å²) in [6, 6.07) is 11.2. The van der Waals surface area contributed by atoms with E-state index in [1.165, 1.54) is 0 Å². The van der Waals surface area contributed by atoms with E-state index in [1.54, 1.807) is 13.2 Å². The number of methoxy groups -OCH3 is 1. The number of aliphatic hydroxyl groups is 1. The Morgan fingerprint density at radius 2 is 2.07 bits per heavy atom. The van der Waals surface area contributed by atoms with Crippen LogP contribution in [0.5, 0.6) is 0 Å². The van der Waals surface area contributed by atoms with Gasteiger partial charge in [0, 0.05) is 24.8 Å². The second kappa shape index (κ2) is 7.23. The van der Waals surface area contributed by atoms with Crippen molar-refractivity contribution in [1.82, 2.24) is 20.3 Å². The fourth-order valence-electron chi connectivity index (χ4n) is 4.08. The molecule has 2 unspecified atom stereocenters. The minimum absolute atomic E-state index is 0.0796. The van der Waals surface area contributed by atoms with Gasteiger partial charge >= 0.3 is 0 Å². The largest absolute Gasteiger partial charge is 0.384 e. The lowest BCUT2D eigenvalue weighted by atomic mass is 9.99. The number of carbonyl (C=O) groups is 1. The van der Waals surface area contributed by atoms with Crippen LogP contribution in [0.1, 0.15) is 38.9 Å². The molecule has 0 radical (unpaired) electrons. The van der Waals surface area contributed by atoms with E-state index in [4.69, 9.17) is 14.8 Å². The third-order valence-electron chi connectivity index (χ3n) is 5.70. The molecular weight excluding hydrogens is 382 g/mol. The molecule has 3 aromatic rings. The van der Waals surface area contributed by atoms with Crippen LogP contribution in [0.25, 0.3) is 11.0 Å². The number of ether oxygens (including phenoxy) is 1. The normalized spacial score (nSPS) is 20.6. The Kier molecular flexibility index (Phi) is 4.52. The molecule has 1 amide bonds. The van der Waals surface area contributed by atoms with Crippen LogP contribution in [-0.2, 0) is 11.3 Å². The van der Waals surface area contributed by atoms with Crippen LogP contribution >= 0.6 is 0 Å². The maximum atomic E-state index is 12.0. The van der Waals surface area contributed by atoms with Crippen molar-refractivity contribution in [3.63, 3.8) is 0 Å². The van der Waals surface area contributed by atoms with Crippen molar-refractivity contribution < 1.29 is 14.6 Å². The Labute approximate surface area is 173 Å². The van der Waals surface area contributed by atoms with E-state index in [2.05, 4.69) is 10.3 Å². The minimum Gasteiger partial charge on any atom is -0.384 e. The van der Waals surface area contributed by atoms with E-state index >= 15 is 0 Å². The van der Waals surface area contributed by atoms with Crippen LogP contribution in [0.4, 0.5) is 0 Å². The van der Waals surface area contributed by atoms with Crippen molar-refractivity contribution in [3.8, 4) is 0 Å². The number of hydrazone groups is 1. The molecule has 2 aliphatic heterocycles. The van der Waals surface area contributed by atoms with Gasteiger partial charge in [0.2, 0.25) is 0 Å². The van der Waals surface area contributed by atoms with E-state index in [0.29, 0.717) is 42.3 Å². The predicted octanol–water partition coefficient (Wildman–Crippen LogP) is 1.88. The number of aromatic amines is 1. The Bertz CT molecular complexity index is 1150. The third kappa shape index (κ3) is 3.05. The molecule has 154 valence electrons. The highest BCUT2D eigenvalue weighted by atomic mass is 16.5. The van der Waals surface area contributed by atoms with E-state index < -0.39 is 12.1 Å². The maximum Gasteiger partial charge on any atom is 0.251 e. The zero-order valence-electron chi connectivity index (χ0n) is 16.8. The summed E-state index contributed by atoms with van der Waals surface area (Å²) >= 11 is 0. The van der Waals surface area contributed by atoms with Gasteiger partial charge in [-0.25, -0.2) is 4.98 Å². The molecule has 0 aliphatic carbocycles. The van der Waals surface area contributed by atoms with Gasteiger partial charge in [0.1, 0.15) is 18.0 Å². The Morgan fingerprint density at radius 1 is 1.27 bits per heavy atom. The molecule has 0 spiro atoms. The van der Waals surface area contributed by atoms with Crippen LogP contribution in [0.2, 0.25) is 0 Å². The fraction of sp³-hybridized carbons (Fsp3) is 0.318. The molecule has 0 bridgehead atoms. The second-order valence-corrected chi connectivity index (χ2v) is 7.73. The van der Waals surface area contributed by atoms with E-state index in [1.807, 2.05) is 42.3 Å². The van der Waals surface area contributed by atoms with Crippen molar-refractivity contribution in [1.29, 1.82) is 0 Å². The first-order valence-electron chi connectivity index (χ1n) is 9.95. The third-order valence-corrected chi connectivity index (χ3v) is 5.70. The number of aliphatic hydroxyl groups excluding tert-OH is 1. The molecule has 2 aliphatic rings. The zero-order valence-corrected chi connectivity index (χ0v) is 16.8. The zero-order chi connectivity index (χ0) is 20.8. The predicted molar refractivity (Wildman–Crippen MR) is 112 cm³/mol. The molecule has 0 saturated heterocycles. The van der Waals surface area contributed by atoms with Gasteiger partial charge in [0.05, 0.1) is 29.9 Å². The maximum absolute atomic E-state index is 12.0. The Balaban J connectivity index is 1.53. The van der Waals surface area contributed by atoms with Gasteiger partial charge < -0.3 is 20.1 Å². The van der Waals surface area contributed by atoms with Gasteiger partial charge in [0.25, 0.3) is 5.91 Å². The average molecular weight is 405 g/mol. The SMILES string of the molecule is COCCN1N=C(c2ccc(C)cc2)C(O)C1c1nc2cc3c(cc2[nH]1)CNC3=O. The number of aromatic nitrogens is 2. The number of nitrogens with one attached hydrogen (secondary N) is 2. The van der Waals surface area contributed by atoms with Crippen molar-refractivity contribution in [2.75, 3.05) is 20.3 Å². The van der Waals surface area contributed by atoms with Crippen LogP contribution in [0.3, 0.4) is 0 Å². The lowest BCUT2D eigenvalue weighted by Crippen LogP contribution is -2.32. The number of amides is 1. The van der Waals surface area contributed by atoms with Crippen LogP contribution < -0.4 is 5.32 Å². The molecular formula is C22H23N5O3. The Hall–Kier alpha value is -3.23. The molecule has 2 aromatic carbocycles. The minimum atomic E-state index is -0.847. The number of hydrogen-bond donors (Lipinski definition) is 3. The highest BCUT2D eigenvalue weighted by Gasteiger charge is 2.39. The molecule has 0 saturated carbocycles. The summed E-state index contributed by atoms with van der Waals surface area (Å²) in [5.74, 6) is 0.535. The first kappa shape index (κ1) is 18.8. The number of aryl methyl sites for hydroxylation is 1. The summed E-state index contributed by atoms with van der Waals surface area (Å²) in [5.41, 5.74) is 5.77. The summed E-state index contributed by atoms with van der Waals surface area (Å²) < 4.78 is 5.24. The monoisotopic (exact) mass is 405 g/mol. The molecule has 3 N–H and O–H groups in total. The summed E-state index contributed by atoms with van der Waals surface area (Å²) in [4.78, 5) is 20.0. The molecule has 2 atom stereocenters. The average Bonchev–Trinajstić information content (AvgIpc) is 3.40. The van der Waals surface area contributed by atoms with Gasteiger partial charge in [-0.15, -0.1) is 0 Å². The summed E-state index contributed by atoms with van der Waals surface area (Å²) in [6.45, 7) is 3.54. The summed E-state index contributed by atoms with van der Waals surface area (Å²) in [6.07, 6.45) is -0.847. The number of rotatable bonds is 5. The smallest absolute Gasteiger partial charge is 0.251 e. The standard InChI is InChI=1S/C22H23N5O3/c1-12-3-5-13(6-4-12)18-20(28)19(27(26-18)7-8-30-2)21-24-16-9-14-11-23-22(29)15(14)10-17(16)25-21/h3-6,9-10,19-20,28H,7-8,11H2,1-2H3,(H,23,29)(H,24,25). The summed E-state index contributed by atoms with van der Waals surface area (Å²) in [5, 5.41) is 20.5. The van der Waals surface area contributed by atoms with Crippen molar-refractivity contribution in [2.24, 2.45) is 5.10 Å². The number of imidazole rings is 1. The number of benzene rings is 2. The first-order chi connectivity index (χ1) is 14.5. The molecule has 30 heavy (non-hydrogen) atoms. The summed E-state index contributed by atoms with van der Waals surface area (Å²) in [7, 11) is 1.64. The van der Waals surface area contributed by atoms with E-state index in [9.17, 15) is 9.90 Å². The number of carbonyl (C=O) groups excluding carboxylic acids is 1. The van der Waals surface area contributed by atoms with Crippen LogP contribution in [0, 0.1) is 6.92 Å². The lowest BCUT2D eigenvalue weighted by Gasteiger charge is -2.23. The van der Waals surface area contributed by atoms with Gasteiger partial charge in [-0.1, -0.05) is 29.8 Å². The Morgan fingerprint density at radius 3 is 2.83 bits per heavy atom. The molecule has 0 fully saturated rings. The molecule has 3 heterocycles. The first-order valence-corrected chi connectivity index (χ1v) is 9.95. The van der Waals surface area contributed by atoms with Gasteiger partial charge in [0.15, 0.2) is 0 Å². The number of nitrogens with zero attached hydrogens (tertiary/aromatic N) is 3.